The van der Waals surface area contributed by atoms with Crippen molar-refractivity contribution in [1.82, 2.24) is 5.32 Å². The van der Waals surface area contributed by atoms with Crippen LogP contribution >= 0.6 is 0 Å². The van der Waals surface area contributed by atoms with Gasteiger partial charge in [0.1, 0.15) is 0 Å². The van der Waals surface area contributed by atoms with Crippen molar-refractivity contribution in [3.63, 3.8) is 0 Å². The summed E-state index contributed by atoms with van der Waals surface area (Å²) >= 11 is 0. The Bertz CT molecular complexity index is 1800. The number of rotatable bonds is 7. The Balaban J connectivity index is 1.71. The fraction of sp³-hybridized carbons (Fsp3) is 0.125. The first-order chi connectivity index (χ1) is 20.2. The molecule has 0 aliphatic heterocycles. The highest BCUT2D eigenvalue weighted by atomic mass is 19.4. The van der Waals surface area contributed by atoms with E-state index in [4.69, 9.17) is 0 Å². The molecule has 0 atom stereocenters. The summed E-state index contributed by atoms with van der Waals surface area (Å²) in [6, 6.07) is 16.0. The number of alkyl halides is 3. The van der Waals surface area contributed by atoms with E-state index in [-0.39, 0.29) is 33.5 Å². The first-order valence-corrected chi connectivity index (χ1v) is 12.8. The summed E-state index contributed by atoms with van der Waals surface area (Å²) in [5.74, 6) is -4.44. The Morgan fingerprint density at radius 1 is 0.651 bits per heavy atom. The zero-order valence-electron chi connectivity index (χ0n) is 23.1. The van der Waals surface area contributed by atoms with E-state index in [1.165, 1.54) is 49.5 Å². The van der Waals surface area contributed by atoms with Gasteiger partial charge in [0, 0.05) is 12.7 Å². The largest absolute Gasteiger partial charge is 0.478 e. The zero-order valence-corrected chi connectivity index (χ0v) is 23.1. The quantitative estimate of drug-likeness (QED) is 0.190. The Hall–Kier alpha value is -5.45. The van der Waals surface area contributed by atoms with Crippen molar-refractivity contribution in [1.29, 1.82) is 0 Å². The van der Waals surface area contributed by atoms with Gasteiger partial charge in [0.05, 0.1) is 27.8 Å². The van der Waals surface area contributed by atoms with Crippen LogP contribution in [0.4, 0.5) is 18.9 Å². The van der Waals surface area contributed by atoms with Gasteiger partial charge in [-0.25, -0.2) is 9.59 Å². The minimum absolute atomic E-state index is 0.0661. The molecule has 0 aliphatic rings. The average Bonchev–Trinajstić information content (AvgIpc) is 2.95. The minimum atomic E-state index is -4.75. The summed E-state index contributed by atoms with van der Waals surface area (Å²) in [6.07, 6.45) is -4.75. The third kappa shape index (κ3) is 6.40. The fourth-order valence-corrected chi connectivity index (χ4v) is 4.74. The molecule has 0 spiro atoms. The number of carboxylic acids is 2. The number of carbonyl (C=O) groups excluding carboxylic acids is 2. The number of amides is 2. The predicted octanol–water partition coefficient (Wildman–Crippen LogP) is 6.66. The van der Waals surface area contributed by atoms with Crippen molar-refractivity contribution < 1.29 is 42.6 Å². The molecular formula is C32H25F3N2O6. The van der Waals surface area contributed by atoms with Crippen LogP contribution in [0.1, 0.15) is 58.1 Å². The Labute approximate surface area is 243 Å². The Morgan fingerprint density at radius 2 is 1.23 bits per heavy atom. The van der Waals surface area contributed by atoms with Crippen LogP contribution in [0.15, 0.2) is 72.8 Å². The highest BCUT2D eigenvalue weighted by Gasteiger charge is 2.34. The predicted molar refractivity (Wildman–Crippen MR) is 153 cm³/mol. The van der Waals surface area contributed by atoms with Gasteiger partial charge in [0.25, 0.3) is 11.8 Å². The number of carboxylic acid groups (broad SMARTS) is 2. The lowest BCUT2D eigenvalue weighted by Gasteiger charge is -2.17. The maximum atomic E-state index is 14.1. The standard InChI is InChI=1S/C32H25F3N2O6/c1-16-4-8-21(17(2)12-16)22-11-7-20(15-27(22)32(33,34)35)37-29(39)23-9-5-19(14-26(23)31(42)43)18-6-10-24(30(40)41)25(13-18)28(38)36-3/h4-15H,1-3H3,(H,36,38)(H,37,39)(H,40,41)(H,42,43). The van der Waals surface area contributed by atoms with Crippen molar-refractivity contribution in [2.75, 3.05) is 12.4 Å². The van der Waals surface area contributed by atoms with Gasteiger partial charge >= 0.3 is 18.1 Å². The smallest absolute Gasteiger partial charge is 0.417 e. The molecule has 0 bridgehead atoms. The fourth-order valence-electron chi connectivity index (χ4n) is 4.74. The van der Waals surface area contributed by atoms with Gasteiger partial charge in [-0.05, 0) is 78.1 Å². The number of carbonyl (C=O) groups is 4. The third-order valence-corrected chi connectivity index (χ3v) is 6.80. The molecule has 0 saturated heterocycles. The van der Waals surface area contributed by atoms with E-state index < -0.39 is 41.1 Å². The van der Waals surface area contributed by atoms with Gasteiger partial charge in [0.2, 0.25) is 0 Å². The molecule has 4 rings (SSSR count). The van der Waals surface area contributed by atoms with Gasteiger partial charge in [-0.1, -0.05) is 42.0 Å². The van der Waals surface area contributed by atoms with E-state index in [1.54, 1.807) is 25.1 Å². The van der Waals surface area contributed by atoms with Gasteiger partial charge in [-0.2, -0.15) is 13.2 Å². The molecule has 11 heteroatoms. The molecule has 0 unspecified atom stereocenters. The van der Waals surface area contributed by atoms with Crippen LogP contribution in [0.2, 0.25) is 0 Å². The minimum Gasteiger partial charge on any atom is -0.478 e. The normalized spacial score (nSPS) is 11.1. The lowest BCUT2D eigenvalue weighted by Crippen LogP contribution is -2.21. The highest BCUT2D eigenvalue weighted by Crippen LogP contribution is 2.40. The third-order valence-electron chi connectivity index (χ3n) is 6.80. The van der Waals surface area contributed by atoms with Crippen LogP contribution in [0, 0.1) is 13.8 Å². The summed E-state index contributed by atoms with van der Waals surface area (Å²) < 4.78 is 42.2. The summed E-state index contributed by atoms with van der Waals surface area (Å²) in [5, 5.41) is 23.9. The molecule has 2 amide bonds. The van der Waals surface area contributed by atoms with E-state index in [9.17, 15) is 42.6 Å². The molecule has 220 valence electrons. The SMILES string of the molecule is CNC(=O)c1cc(-c2ccc(C(=O)Nc3ccc(-c4ccc(C)cc4C)c(C(F)(F)F)c3)c(C(=O)O)c2)ccc1C(=O)O. The number of nitrogens with one attached hydrogen (secondary N) is 2. The van der Waals surface area contributed by atoms with Crippen LogP contribution in [0.3, 0.4) is 0 Å². The number of aryl methyl sites for hydroxylation is 2. The molecule has 0 fully saturated rings. The van der Waals surface area contributed by atoms with Crippen molar-refractivity contribution in [3.8, 4) is 22.3 Å². The Kier molecular flexibility index (Phi) is 8.38. The van der Waals surface area contributed by atoms with E-state index in [2.05, 4.69) is 10.6 Å². The molecule has 4 aromatic rings. The average molecular weight is 591 g/mol. The maximum Gasteiger partial charge on any atom is 0.417 e. The summed E-state index contributed by atoms with van der Waals surface area (Å²) in [5.41, 5.74) is 0.0568. The molecule has 43 heavy (non-hydrogen) atoms. The van der Waals surface area contributed by atoms with Crippen molar-refractivity contribution in [3.05, 3.63) is 112 Å². The van der Waals surface area contributed by atoms with E-state index >= 15 is 0 Å². The van der Waals surface area contributed by atoms with E-state index in [0.29, 0.717) is 16.7 Å². The number of halogens is 3. The summed E-state index contributed by atoms with van der Waals surface area (Å²) in [4.78, 5) is 49.0. The monoisotopic (exact) mass is 590 g/mol. The summed E-state index contributed by atoms with van der Waals surface area (Å²) in [7, 11) is 1.32. The van der Waals surface area contributed by atoms with Crippen LogP contribution in [-0.4, -0.2) is 41.0 Å². The number of hydrogen-bond acceptors (Lipinski definition) is 4. The number of benzene rings is 4. The number of aromatic carboxylic acids is 2. The van der Waals surface area contributed by atoms with Gasteiger partial charge in [0.15, 0.2) is 0 Å². The van der Waals surface area contributed by atoms with Gasteiger partial charge < -0.3 is 20.8 Å². The zero-order chi connectivity index (χ0) is 31.6. The van der Waals surface area contributed by atoms with Crippen molar-refractivity contribution in [2.45, 2.75) is 20.0 Å². The lowest BCUT2D eigenvalue weighted by atomic mass is 9.94. The van der Waals surface area contributed by atoms with Crippen LogP contribution in [-0.2, 0) is 6.18 Å². The second-order valence-corrected chi connectivity index (χ2v) is 9.74. The van der Waals surface area contributed by atoms with Crippen LogP contribution in [0.5, 0.6) is 0 Å². The van der Waals surface area contributed by atoms with Gasteiger partial charge in [-0.3, -0.25) is 9.59 Å². The number of hydrogen-bond donors (Lipinski definition) is 4. The lowest BCUT2D eigenvalue weighted by molar-refractivity contribution is -0.137. The van der Waals surface area contributed by atoms with Crippen LogP contribution < -0.4 is 10.6 Å². The molecule has 0 heterocycles. The van der Waals surface area contributed by atoms with Crippen LogP contribution in [0.25, 0.3) is 22.3 Å². The van der Waals surface area contributed by atoms with E-state index in [1.807, 2.05) is 6.92 Å². The molecule has 0 radical (unpaired) electrons. The molecule has 8 nitrogen and oxygen atoms in total. The first-order valence-electron chi connectivity index (χ1n) is 12.8. The Morgan fingerprint density at radius 3 is 1.79 bits per heavy atom. The van der Waals surface area contributed by atoms with Crippen molar-refractivity contribution in [2.24, 2.45) is 0 Å². The molecule has 0 aliphatic carbocycles. The van der Waals surface area contributed by atoms with E-state index in [0.717, 1.165) is 17.7 Å². The summed E-state index contributed by atoms with van der Waals surface area (Å²) in [6.45, 7) is 3.53. The van der Waals surface area contributed by atoms with Crippen molar-refractivity contribution >= 4 is 29.4 Å². The second kappa shape index (κ2) is 11.8. The molecule has 4 aromatic carbocycles. The highest BCUT2D eigenvalue weighted by molar-refractivity contribution is 6.11. The molecule has 0 saturated carbocycles. The maximum absolute atomic E-state index is 14.1. The molecular weight excluding hydrogens is 565 g/mol. The number of anilines is 1. The van der Waals surface area contributed by atoms with Gasteiger partial charge in [-0.15, -0.1) is 0 Å². The molecule has 0 aromatic heterocycles. The topological polar surface area (TPSA) is 133 Å². The second-order valence-electron chi connectivity index (χ2n) is 9.74. The molecule has 4 N–H and O–H groups in total. The first kappa shape index (κ1) is 30.5.